The SMILES string of the molecule is c1ccc(N(c2ccccc2)c2c3ccccc3c(N(c3ccccc3)c3ccccc3)c3c2sc2c4ccccc4cc(N(c4ccccc4)c4ccccc4)c23)cc1. The standard InChI is InChI=1S/C56H39N3S/c1-7-24-41(25-8-1)57(42-26-9-2-10-27-42)50-39-40-23-19-20-36-47(40)55-51(50)52-53(58(43-28-11-3-12-29-43)44-30-13-4-14-31-44)48-37-21-22-38-49(48)54(56(52)60-55)59(45-32-15-5-16-33-45)46-34-17-6-18-35-46/h1-39H. The lowest BCUT2D eigenvalue weighted by Crippen LogP contribution is -2.14. The second-order valence-corrected chi connectivity index (χ2v) is 15.9. The summed E-state index contributed by atoms with van der Waals surface area (Å²) in [6.07, 6.45) is 0. The summed E-state index contributed by atoms with van der Waals surface area (Å²) in [5.74, 6) is 0. The second-order valence-electron chi connectivity index (χ2n) is 14.9. The summed E-state index contributed by atoms with van der Waals surface area (Å²) in [6, 6.07) is 85.2. The van der Waals surface area contributed by atoms with Crippen molar-refractivity contribution in [1.29, 1.82) is 0 Å². The summed E-state index contributed by atoms with van der Waals surface area (Å²) in [7, 11) is 0. The minimum absolute atomic E-state index is 1.09. The van der Waals surface area contributed by atoms with Crippen LogP contribution in [0.4, 0.5) is 51.2 Å². The van der Waals surface area contributed by atoms with E-state index in [-0.39, 0.29) is 0 Å². The molecule has 1 aromatic heterocycles. The number of nitrogens with zero attached hydrogens (tertiary/aromatic N) is 3. The topological polar surface area (TPSA) is 9.72 Å². The van der Waals surface area contributed by atoms with Crippen molar-refractivity contribution in [2.75, 3.05) is 14.7 Å². The van der Waals surface area contributed by atoms with Crippen molar-refractivity contribution in [3.63, 3.8) is 0 Å². The number of para-hydroxylation sites is 6. The van der Waals surface area contributed by atoms with Crippen molar-refractivity contribution in [2.45, 2.75) is 0 Å². The number of anilines is 9. The first kappa shape index (κ1) is 35.5. The molecule has 1 heterocycles. The molecule has 4 heteroatoms. The lowest BCUT2D eigenvalue weighted by atomic mass is 9.95. The molecule has 0 aliphatic carbocycles. The monoisotopic (exact) mass is 785 g/mol. The highest BCUT2D eigenvalue weighted by Crippen LogP contribution is 2.58. The predicted molar refractivity (Wildman–Crippen MR) is 258 cm³/mol. The normalized spacial score (nSPS) is 11.3. The summed E-state index contributed by atoms with van der Waals surface area (Å²) in [5.41, 5.74) is 10.0. The Balaban J connectivity index is 1.41. The van der Waals surface area contributed by atoms with Crippen molar-refractivity contribution in [1.82, 2.24) is 0 Å². The third-order valence-corrected chi connectivity index (χ3v) is 12.6. The van der Waals surface area contributed by atoms with E-state index in [0.717, 1.165) is 56.6 Å². The first-order chi connectivity index (χ1) is 29.8. The zero-order chi connectivity index (χ0) is 39.8. The smallest absolute Gasteiger partial charge is 0.0720 e. The van der Waals surface area contributed by atoms with Crippen LogP contribution < -0.4 is 14.7 Å². The van der Waals surface area contributed by atoms with Crippen LogP contribution in [0.3, 0.4) is 0 Å². The molecule has 0 saturated heterocycles. The molecule has 0 aliphatic heterocycles. The van der Waals surface area contributed by atoms with Crippen molar-refractivity contribution >= 4 is 104 Å². The van der Waals surface area contributed by atoms with E-state index in [2.05, 4.69) is 251 Å². The Kier molecular flexibility index (Phi) is 9.03. The van der Waals surface area contributed by atoms with Crippen LogP contribution in [0.5, 0.6) is 0 Å². The van der Waals surface area contributed by atoms with Gasteiger partial charge in [-0.1, -0.05) is 158 Å². The molecule has 11 rings (SSSR count). The van der Waals surface area contributed by atoms with E-state index >= 15 is 0 Å². The van der Waals surface area contributed by atoms with Crippen LogP contribution >= 0.6 is 11.3 Å². The highest BCUT2D eigenvalue weighted by atomic mass is 32.1. The van der Waals surface area contributed by atoms with Gasteiger partial charge in [0.2, 0.25) is 0 Å². The molecule has 0 unspecified atom stereocenters. The maximum atomic E-state index is 2.48. The lowest BCUT2D eigenvalue weighted by Gasteiger charge is -2.32. The molecule has 0 radical (unpaired) electrons. The average Bonchev–Trinajstić information content (AvgIpc) is 3.73. The third kappa shape index (κ3) is 6.05. The molecule has 11 aromatic rings. The number of hydrogen-bond acceptors (Lipinski definition) is 4. The Labute approximate surface area is 353 Å². The van der Waals surface area contributed by atoms with Crippen LogP contribution in [-0.4, -0.2) is 0 Å². The van der Waals surface area contributed by atoms with E-state index in [9.17, 15) is 0 Å². The van der Waals surface area contributed by atoms with Crippen LogP contribution in [0.15, 0.2) is 237 Å². The van der Waals surface area contributed by atoms with Gasteiger partial charge in [0.15, 0.2) is 0 Å². The van der Waals surface area contributed by atoms with Gasteiger partial charge in [0.25, 0.3) is 0 Å². The maximum Gasteiger partial charge on any atom is 0.0720 e. The first-order valence-electron chi connectivity index (χ1n) is 20.4. The molecule has 0 spiro atoms. The largest absolute Gasteiger partial charge is 0.310 e. The molecular formula is C56H39N3S. The molecule has 0 bridgehead atoms. The van der Waals surface area contributed by atoms with E-state index in [1.165, 1.54) is 36.3 Å². The van der Waals surface area contributed by atoms with Crippen molar-refractivity contribution in [3.8, 4) is 0 Å². The van der Waals surface area contributed by atoms with Gasteiger partial charge in [0, 0.05) is 60.4 Å². The summed E-state index contributed by atoms with van der Waals surface area (Å²) in [5, 5.41) is 7.17. The highest BCUT2D eigenvalue weighted by Gasteiger charge is 2.31. The van der Waals surface area contributed by atoms with Gasteiger partial charge in [0.1, 0.15) is 0 Å². The molecule has 0 amide bonds. The fraction of sp³-hybridized carbons (Fsp3) is 0. The Morgan fingerprint density at radius 2 is 0.600 bits per heavy atom. The molecule has 0 saturated carbocycles. The molecule has 60 heavy (non-hydrogen) atoms. The Hall–Kier alpha value is -7.66. The van der Waals surface area contributed by atoms with Crippen LogP contribution in [0, 0.1) is 0 Å². The van der Waals surface area contributed by atoms with Gasteiger partial charge in [-0.3, -0.25) is 0 Å². The van der Waals surface area contributed by atoms with E-state index in [1.807, 2.05) is 11.3 Å². The minimum Gasteiger partial charge on any atom is -0.310 e. The van der Waals surface area contributed by atoms with Gasteiger partial charge >= 0.3 is 0 Å². The molecule has 3 nitrogen and oxygen atoms in total. The Morgan fingerprint density at radius 1 is 0.267 bits per heavy atom. The first-order valence-corrected chi connectivity index (χ1v) is 21.2. The number of fused-ring (bicyclic) bond motifs is 6. The molecule has 0 aliphatic rings. The molecular weight excluding hydrogens is 747 g/mol. The quantitative estimate of drug-likeness (QED) is 0.135. The van der Waals surface area contributed by atoms with Crippen molar-refractivity contribution in [2.24, 2.45) is 0 Å². The number of hydrogen-bond donors (Lipinski definition) is 0. The third-order valence-electron chi connectivity index (χ3n) is 11.3. The Morgan fingerprint density at radius 3 is 1.03 bits per heavy atom. The van der Waals surface area contributed by atoms with Gasteiger partial charge in [0.05, 0.1) is 21.8 Å². The fourth-order valence-corrected chi connectivity index (χ4v) is 10.2. The zero-order valence-corrected chi connectivity index (χ0v) is 33.6. The number of rotatable bonds is 9. The second kappa shape index (κ2) is 15.3. The van der Waals surface area contributed by atoms with E-state index in [0.29, 0.717) is 0 Å². The highest BCUT2D eigenvalue weighted by molar-refractivity contribution is 7.27. The number of benzene rings is 10. The van der Waals surface area contributed by atoms with Crippen molar-refractivity contribution < 1.29 is 0 Å². The number of thiophene rings is 1. The van der Waals surface area contributed by atoms with Crippen LogP contribution in [0.2, 0.25) is 0 Å². The molecule has 284 valence electrons. The molecule has 0 atom stereocenters. The fourth-order valence-electron chi connectivity index (χ4n) is 8.79. The minimum atomic E-state index is 1.09. The van der Waals surface area contributed by atoms with Crippen LogP contribution in [-0.2, 0) is 0 Å². The van der Waals surface area contributed by atoms with E-state index in [4.69, 9.17) is 0 Å². The maximum absolute atomic E-state index is 2.48. The van der Waals surface area contributed by atoms with Gasteiger partial charge < -0.3 is 14.7 Å². The van der Waals surface area contributed by atoms with Crippen LogP contribution in [0.25, 0.3) is 41.7 Å². The zero-order valence-electron chi connectivity index (χ0n) is 32.8. The molecule has 0 N–H and O–H groups in total. The van der Waals surface area contributed by atoms with Gasteiger partial charge in [-0.2, -0.15) is 0 Å². The summed E-state index contributed by atoms with van der Waals surface area (Å²) < 4.78 is 2.46. The molecule has 10 aromatic carbocycles. The molecule has 0 fully saturated rings. The van der Waals surface area contributed by atoms with Gasteiger partial charge in [-0.05, 0) is 89.6 Å². The summed E-state index contributed by atoms with van der Waals surface area (Å²) in [4.78, 5) is 7.39. The van der Waals surface area contributed by atoms with Gasteiger partial charge in [-0.15, -0.1) is 11.3 Å². The van der Waals surface area contributed by atoms with Gasteiger partial charge in [-0.25, -0.2) is 0 Å². The average molecular weight is 786 g/mol. The van der Waals surface area contributed by atoms with Crippen molar-refractivity contribution in [3.05, 3.63) is 237 Å². The van der Waals surface area contributed by atoms with E-state index < -0.39 is 0 Å². The van der Waals surface area contributed by atoms with Crippen LogP contribution in [0.1, 0.15) is 0 Å². The Bertz CT molecular complexity index is 3130. The summed E-state index contributed by atoms with van der Waals surface area (Å²) in [6.45, 7) is 0. The lowest BCUT2D eigenvalue weighted by molar-refractivity contribution is 1.29. The summed E-state index contributed by atoms with van der Waals surface area (Å²) >= 11 is 1.90. The predicted octanol–water partition coefficient (Wildman–Crippen LogP) is 16.8. The van der Waals surface area contributed by atoms with E-state index in [1.54, 1.807) is 0 Å².